The number of methoxy groups -OCH3 is 1. The van der Waals surface area contributed by atoms with Gasteiger partial charge in [0.25, 0.3) is 0 Å². The van der Waals surface area contributed by atoms with Crippen LogP contribution >= 0.6 is 11.6 Å². The van der Waals surface area contributed by atoms with E-state index in [9.17, 15) is 4.79 Å². The van der Waals surface area contributed by atoms with Crippen molar-refractivity contribution >= 4 is 23.6 Å². The third-order valence-corrected chi connectivity index (χ3v) is 1.64. The molecule has 0 atom stereocenters. The van der Waals surface area contributed by atoms with Gasteiger partial charge in [-0.25, -0.2) is 9.78 Å². The van der Waals surface area contributed by atoms with E-state index in [0.717, 1.165) is 5.56 Å². The third-order valence-electron chi connectivity index (χ3n) is 1.45. The van der Waals surface area contributed by atoms with Gasteiger partial charge in [-0.15, -0.1) is 0 Å². The number of halogens is 1. The smallest absolute Gasteiger partial charge is 0.356 e. The standard InChI is InChI=1S/C9H8ClNO2/c1-3-6-4-7(9(12)13-2)11-8(10)5-6/h3-5H,1H2,2H3. The van der Waals surface area contributed by atoms with Crippen molar-refractivity contribution in [1.82, 2.24) is 4.98 Å². The Morgan fingerprint density at radius 1 is 1.69 bits per heavy atom. The minimum Gasteiger partial charge on any atom is -0.464 e. The topological polar surface area (TPSA) is 39.2 Å². The van der Waals surface area contributed by atoms with Crippen molar-refractivity contribution in [2.75, 3.05) is 7.11 Å². The van der Waals surface area contributed by atoms with E-state index in [1.54, 1.807) is 18.2 Å². The highest BCUT2D eigenvalue weighted by molar-refractivity contribution is 6.29. The molecule has 4 heteroatoms. The maximum absolute atomic E-state index is 11.1. The van der Waals surface area contributed by atoms with E-state index in [1.807, 2.05) is 0 Å². The Labute approximate surface area is 81.0 Å². The number of hydrogen-bond donors (Lipinski definition) is 0. The molecule has 1 aromatic heterocycles. The molecule has 1 heterocycles. The molecule has 0 amide bonds. The van der Waals surface area contributed by atoms with Gasteiger partial charge in [0.05, 0.1) is 7.11 Å². The summed E-state index contributed by atoms with van der Waals surface area (Å²) in [6.07, 6.45) is 1.58. The third kappa shape index (κ3) is 2.29. The molecule has 0 radical (unpaired) electrons. The summed E-state index contributed by atoms with van der Waals surface area (Å²) in [6, 6.07) is 3.17. The van der Waals surface area contributed by atoms with Crippen LogP contribution in [0.4, 0.5) is 0 Å². The number of aromatic nitrogens is 1. The fourth-order valence-corrected chi connectivity index (χ4v) is 1.06. The summed E-state index contributed by atoms with van der Waals surface area (Å²) in [5.74, 6) is -0.509. The molecular formula is C9H8ClNO2. The summed E-state index contributed by atoms with van der Waals surface area (Å²) in [6.45, 7) is 3.56. The van der Waals surface area contributed by atoms with E-state index in [0.29, 0.717) is 0 Å². The maximum atomic E-state index is 11.1. The van der Waals surface area contributed by atoms with Crippen LogP contribution in [-0.2, 0) is 4.74 Å². The highest BCUT2D eigenvalue weighted by atomic mass is 35.5. The molecule has 0 N–H and O–H groups in total. The van der Waals surface area contributed by atoms with Gasteiger partial charge in [-0.05, 0) is 17.7 Å². The summed E-state index contributed by atoms with van der Waals surface area (Å²) in [5.41, 5.74) is 0.922. The van der Waals surface area contributed by atoms with E-state index in [1.165, 1.54) is 7.11 Å². The number of pyridine rings is 1. The van der Waals surface area contributed by atoms with Crippen molar-refractivity contribution in [1.29, 1.82) is 0 Å². The first-order valence-electron chi connectivity index (χ1n) is 3.55. The van der Waals surface area contributed by atoms with Crippen LogP contribution in [0.2, 0.25) is 5.15 Å². The van der Waals surface area contributed by atoms with Gasteiger partial charge in [0.15, 0.2) is 5.69 Å². The van der Waals surface area contributed by atoms with E-state index < -0.39 is 5.97 Å². The van der Waals surface area contributed by atoms with Crippen molar-refractivity contribution in [3.8, 4) is 0 Å². The number of carbonyl (C=O) groups excluding carboxylic acids is 1. The van der Waals surface area contributed by atoms with Gasteiger partial charge < -0.3 is 4.74 Å². The highest BCUT2D eigenvalue weighted by Gasteiger charge is 2.08. The lowest BCUT2D eigenvalue weighted by molar-refractivity contribution is 0.0594. The molecule has 0 aromatic carbocycles. The molecule has 1 aromatic rings. The van der Waals surface area contributed by atoms with Gasteiger partial charge >= 0.3 is 5.97 Å². The first kappa shape index (κ1) is 9.74. The molecule has 13 heavy (non-hydrogen) atoms. The van der Waals surface area contributed by atoms with Crippen LogP contribution in [0.25, 0.3) is 6.08 Å². The second kappa shape index (κ2) is 4.05. The Hall–Kier alpha value is -1.35. The van der Waals surface area contributed by atoms with E-state index in [4.69, 9.17) is 11.6 Å². The van der Waals surface area contributed by atoms with E-state index in [2.05, 4.69) is 16.3 Å². The average Bonchev–Trinajstić information content (AvgIpc) is 2.15. The van der Waals surface area contributed by atoms with Crippen LogP contribution in [0.15, 0.2) is 18.7 Å². The predicted octanol–water partition coefficient (Wildman–Crippen LogP) is 2.16. The maximum Gasteiger partial charge on any atom is 0.356 e. The van der Waals surface area contributed by atoms with Crippen LogP contribution in [0.3, 0.4) is 0 Å². The second-order valence-corrected chi connectivity index (χ2v) is 2.69. The average molecular weight is 198 g/mol. The van der Waals surface area contributed by atoms with Crippen LogP contribution in [0.1, 0.15) is 16.1 Å². The number of ether oxygens (including phenoxy) is 1. The molecule has 0 aliphatic carbocycles. The SMILES string of the molecule is C=Cc1cc(Cl)nc(C(=O)OC)c1. The van der Waals surface area contributed by atoms with Gasteiger partial charge in [-0.3, -0.25) is 0 Å². The van der Waals surface area contributed by atoms with Crippen molar-refractivity contribution < 1.29 is 9.53 Å². The van der Waals surface area contributed by atoms with Gasteiger partial charge in [-0.1, -0.05) is 24.3 Å². The van der Waals surface area contributed by atoms with Crippen LogP contribution in [0.5, 0.6) is 0 Å². The molecular weight excluding hydrogens is 190 g/mol. The normalized spacial score (nSPS) is 9.38. The van der Waals surface area contributed by atoms with Crippen molar-refractivity contribution in [2.45, 2.75) is 0 Å². The molecule has 0 fully saturated rings. The molecule has 0 aliphatic heterocycles. The van der Waals surface area contributed by atoms with Crippen LogP contribution in [-0.4, -0.2) is 18.1 Å². The number of esters is 1. The molecule has 3 nitrogen and oxygen atoms in total. The molecule has 0 saturated carbocycles. The Kier molecular flexibility index (Phi) is 3.03. The zero-order valence-electron chi connectivity index (χ0n) is 7.08. The lowest BCUT2D eigenvalue weighted by Gasteiger charge is -2.00. The molecule has 0 saturated heterocycles. The lowest BCUT2D eigenvalue weighted by Crippen LogP contribution is -2.04. The zero-order chi connectivity index (χ0) is 9.84. The Morgan fingerprint density at radius 2 is 2.38 bits per heavy atom. The molecule has 0 spiro atoms. The molecule has 0 unspecified atom stereocenters. The largest absolute Gasteiger partial charge is 0.464 e. The first-order valence-corrected chi connectivity index (χ1v) is 3.93. The monoisotopic (exact) mass is 197 g/mol. The highest BCUT2D eigenvalue weighted by Crippen LogP contribution is 2.12. The number of hydrogen-bond acceptors (Lipinski definition) is 3. The summed E-state index contributed by atoms with van der Waals surface area (Å²) >= 11 is 5.66. The van der Waals surface area contributed by atoms with Crippen molar-refractivity contribution in [3.63, 3.8) is 0 Å². The number of rotatable bonds is 2. The fourth-order valence-electron chi connectivity index (χ4n) is 0.844. The zero-order valence-corrected chi connectivity index (χ0v) is 7.84. The van der Waals surface area contributed by atoms with Gasteiger partial charge in [0.1, 0.15) is 5.15 Å². The minimum atomic E-state index is -0.509. The summed E-state index contributed by atoms with van der Waals surface area (Å²) in [4.78, 5) is 14.9. The number of nitrogens with zero attached hydrogens (tertiary/aromatic N) is 1. The minimum absolute atomic E-state index is 0.185. The second-order valence-electron chi connectivity index (χ2n) is 2.30. The summed E-state index contributed by atoms with van der Waals surface area (Å²) in [7, 11) is 1.29. The van der Waals surface area contributed by atoms with Crippen LogP contribution < -0.4 is 0 Å². The Bertz CT molecular complexity index is 349. The quantitative estimate of drug-likeness (QED) is 0.539. The van der Waals surface area contributed by atoms with Gasteiger partial charge in [-0.2, -0.15) is 0 Å². The molecule has 0 aliphatic rings. The molecule has 68 valence electrons. The fraction of sp³-hybridized carbons (Fsp3) is 0.111. The van der Waals surface area contributed by atoms with E-state index in [-0.39, 0.29) is 10.8 Å². The van der Waals surface area contributed by atoms with Gasteiger partial charge in [0, 0.05) is 0 Å². The van der Waals surface area contributed by atoms with Crippen molar-refractivity contribution in [2.24, 2.45) is 0 Å². The first-order chi connectivity index (χ1) is 6.17. The number of carbonyl (C=O) groups is 1. The Morgan fingerprint density at radius 3 is 2.92 bits per heavy atom. The molecule has 0 bridgehead atoms. The van der Waals surface area contributed by atoms with E-state index >= 15 is 0 Å². The Balaban J connectivity index is 3.15. The van der Waals surface area contributed by atoms with Crippen LogP contribution in [0, 0.1) is 0 Å². The molecule has 1 rings (SSSR count). The van der Waals surface area contributed by atoms with Crippen molar-refractivity contribution in [3.05, 3.63) is 35.1 Å². The summed E-state index contributed by atoms with van der Waals surface area (Å²) in [5, 5.41) is 0.248. The summed E-state index contributed by atoms with van der Waals surface area (Å²) < 4.78 is 4.50. The lowest BCUT2D eigenvalue weighted by atomic mass is 10.2. The predicted molar refractivity (Wildman–Crippen MR) is 50.7 cm³/mol. The van der Waals surface area contributed by atoms with Gasteiger partial charge in [0.2, 0.25) is 0 Å².